The van der Waals surface area contributed by atoms with Crippen LogP contribution in [0.15, 0.2) is 54.6 Å². The molecule has 1 N–H and O–H groups in total. The van der Waals surface area contributed by atoms with Crippen LogP contribution < -0.4 is 5.32 Å². The molecule has 0 saturated carbocycles. The van der Waals surface area contributed by atoms with E-state index in [2.05, 4.69) is 39.9 Å². The molecule has 2 amide bonds. The van der Waals surface area contributed by atoms with Gasteiger partial charge < -0.3 is 10.2 Å². The van der Waals surface area contributed by atoms with Crippen LogP contribution >= 0.6 is 11.6 Å². The largest absolute Gasteiger partial charge is 0.329 e. The molecule has 6 nitrogen and oxygen atoms in total. The van der Waals surface area contributed by atoms with E-state index in [0.717, 1.165) is 37.8 Å². The van der Waals surface area contributed by atoms with E-state index in [0.29, 0.717) is 28.6 Å². The topological polar surface area (TPSA) is 67.2 Å². The maximum atomic E-state index is 13.3. The maximum absolute atomic E-state index is 13.3. The van der Waals surface area contributed by atoms with Gasteiger partial charge >= 0.3 is 0 Å². The van der Waals surface area contributed by atoms with Crippen molar-refractivity contribution in [3.05, 3.63) is 76.4 Å². The molecular weight excluding hydrogens is 484 g/mol. The number of unbranched alkanes of at least 4 members (excludes halogenated alkanes) is 2. The summed E-state index contributed by atoms with van der Waals surface area (Å²) >= 11 is 6.45. The fourth-order valence-corrected chi connectivity index (χ4v) is 4.19. The van der Waals surface area contributed by atoms with E-state index in [1.165, 1.54) is 5.56 Å². The molecule has 3 rings (SSSR count). The molecule has 0 saturated heterocycles. The third-order valence-corrected chi connectivity index (χ3v) is 6.57. The molecule has 2 aromatic carbocycles. The Labute approximate surface area is 226 Å². The molecular formula is C30H39ClN4O2. The van der Waals surface area contributed by atoms with Crippen molar-refractivity contribution in [1.29, 1.82) is 0 Å². The lowest BCUT2D eigenvalue weighted by molar-refractivity contribution is -0.117. The Morgan fingerprint density at radius 2 is 1.68 bits per heavy atom. The highest BCUT2D eigenvalue weighted by Gasteiger charge is 2.24. The van der Waals surface area contributed by atoms with Crippen molar-refractivity contribution >= 4 is 29.2 Å². The summed E-state index contributed by atoms with van der Waals surface area (Å²) in [6, 6.07) is 17.0. The number of halogens is 1. The lowest BCUT2D eigenvalue weighted by Gasteiger charge is -2.22. The Morgan fingerprint density at radius 3 is 2.30 bits per heavy atom. The maximum Gasteiger partial charge on any atom is 0.254 e. The van der Waals surface area contributed by atoms with Gasteiger partial charge in [0.15, 0.2) is 0 Å². The van der Waals surface area contributed by atoms with Gasteiger partial charge in [0, 0.05) is 23.6 Å². The lowest BCUT2D eigenvalue weighted by Crippen LogP contribution is -2.39. The minimum Gasteiger partial charge on any atom is -0.329 e. The van der Waals surface area contributed by atoms with Crippen LogP contribution in [0, 0.1) is 0 Å². The number of nitrogens with zero attached hydrogens (tertiary/aromatic N) is 3. The van der Waals surface area contributed by atoms with Gasteiger partial charge in [0.25, 0.3) is 5.91 Å². The fraction of sp³-hybridized carbons (Fsp3) is 0.433. The summed E-state index contributed by atoms with van der Waals surface area (Å²) in [6.07, 6.45) is 5.00. The first-order chi connectivity index (χ1) is 17.6. The van der Waals surface area contributed by atoms with E-state index in [1.54, 1.807) is 15.6 Å². The molecule has 0 atom stereocenters. The van der Waals surface area contributed by atoms with Crippen molar-refractivity contribution in [3.8, 4) is 5.69 Å². The SMILES string of the molecule is CCCCc1ccc(C(=O)N(CCCC)CC(=O)Nc2cc(C(C)(C)C)nn2-c2ccccc2Cl)cc1. The van der Waals surface area contributed by atoms with Crippen molar-refractivity contribution in [2.75, 3.05) is 18.4 Å². The third-order valence-electron chi connectivity index (χ3n) is 6.25. The molecule has 0 unspecified atom stereocenters. The summed E-state index contributed by atoms with van der Waals surface area (Å²) in [5, 5.41) is 8.26. The quantitative estimate of drug-likeness (QED) is 0.293. The number of anilines is 1. The molecule has 37 heavy (non-hydrogen) atoms. The third kappa shape index (κ3) is 7.68. The van der Waals surface area contributed by atoms with E-state index in [-0.39, 0.29) is 23.8 Å². The van der Waals surface area contributed by atoms with Gasteiger partial charge in [0.05, 0.1) is 16.4 Å². The molecule has 1 heterocycles. The minimum absolute atomic E-state index is 0.0467. The van der Waals surface area contributed by atoms with Crippen molar-refractivity contribution in [2.24, 2.45) is 0 Å². The summed E-state index contributed by atoms with van der Waals surface area (Å²) in [5.41, 5.74) is 3.10. The predicted octanol–water partition coefficient (Wildman–Crippen LogP) is 7.05. The molecule has 0 aliphatic heterocycles. The highest BCUT2D eigenvalue weighted by molar-refractivity contribution is 6.32. The van der Waals surface area contributed by atoms with Gasteiger partial charge in [-0.05, 0) is 49.1 Å². The monoisotopic (exact) mass is 522 g/mol. The van der Waals surface area contributed by atoms with Gasteiger partial charge in [-0.25, -0.2) is 4.68 Å². The molecule has 0 radical (unpaired) electrons. The van der Waals surface area contributed by atoms with E-state index >= 15 is 0 Å². The number of nitrogens with one attached hydrogen (secondary N) is 1. The molecule has 1 aromatic heterocycles. The summed E-state index contributed by atoms with van der Waals surface area (Å²) < 4.78 is 1.66. The molecule has 7 heteroatoms. The lowest BCUT2D eigenvalue weighted by atomic mass is 9.92. The van der Waals surface area contributed by atoms with Crippen LogP contribution in [0.2, 0.25) is 5.02 Å². The molecule has 0 fully saturated rings. The van der Waals surface area contributed by atoms with Crippen LogP contribution in [0.3, 0.4) is 0 Å². The summed E-state index contributed by atoms with van der Waals surface area (Å²) in [6.45, 7) is 10.9. The van der Waals surface area contributed by atoms with Gasteiger partial charge in [-0.15, -0.1) is 0 Å². The van der Waals surface area contributed by atoms with Gasteiger partial charge in [0.1, 0.15) is 12.4 Å². The van der Waals surface area contributed by atoms with Crippen LogP contribution in [0.5, 0.6) is 0 Å². The smallest absolute Gasteiger partial charge is 0.254 e. The van der Waals surface area contributed by atoms with Crippen molar-refractivity contribution in [1.82, 2.24) is 14.7 Å². The second kappa shape index (κ2) is 12.9. The number of amides is 2. The highest BCUT2D eigenvalue weighted by atomic mass is 35.5. The normalized spacial score (nSPS) is 11.4. The number of aryl methyl sites for hydroxylation is 1. The highest BCUT2D eigenvalue weighted by Crippen LogP contribution is 2.29. The number of rotatable bonds is 11. The van der Waals surface area contributed by atoms with Crippen molar-refractivity contribution in [3.63, 3.8) is 0 Å². The first-order valence-corrected chi connectivity index (χ1v) is 13.5. The average Bonchev–Trinajstić information content (AvgIpc) is 3.29. The number of hydrogen-bond donors (Lipinski definition) is 1. The summed E-state index contributed by atoms with van der Waals surface area (Å²) in [7, 11) is 0. The number of carbonyl (C=O) groups excluding carboxylic acids is 2. The molecule has 0 bridgehead atoms. The number of para-hydroxylation sites is 1. The fourth-order valence-electron chi connectivity index (χ4n) is 3.98. The van der Waals surface area contributed by atoms with Gasteiger partial charge in [-0.1, -0.05) is 83.3 Å². The second-order valence-corrected chi connectivity index (χ2v) is 10.9. The Hall–Kier alpha value is -3.12. The minimum atomic E-state index is -0.280. The summed E-state index contributed by atoms with van der Waals surface area (Å²) in [4.78, 5) is 28.2. The van der Waals surface area contributed by atoms with Crippen LogP contribution in [0.25, 0.3) is 5.69 Å². The first-order valence-electron chi connectivity index (χ1n) is 13.2. The molecule has 0 aliphatic rings. The molecule has 3 aromatic rings. The van der Waals surface area contributed by atoms with Crippen molar-refractivity contribution in [2.45, 2.75) is 72.1 Å². The number of carbonyl (C=O) groups is 2. The van der Waals surface area contributed by atoms with E-state index in [9.17, 15) is 9.59 Å². The molecule has 0 aliphatic carbocycles. The van der Waals surface area contributed by atoms with E-state index in [4.69, 9.17) is 16.7 Å². The van der Waals surface area contributed by atoms with Crippen LogP contribution in [0.1, 0.15) is 81.9 Å². The van der Waals surface area contributed by atoms with E-state index < -0.39 is 0 Å². The van der Waals surface area contributed by atoms with Gasteiger partial charge in [-0.3, -0.25) is 9.59 Å². The standard InChI is InChI=1S/C30H39ClN4O2/c1-6-8-12-22-15-17-23(18-16-22)29(37)34(19-9-7-2)21-28(36)32-27-20-26(30(3,4)5)33-35(27)25-14-11-10-13-24(25)31/h10-11,13-18,20H,6-9,12,19,21H2,1-5H3,(H,32,36). The number of benzene rings is 2. The zero-order valence-corrected chi connectivity index (χ0v) is 23.4. The van der Waals surface area contributed by atoms with E-state index in [1.807, 2.05) is 48.5 Å². The zero-order chi connectivity index (χ0) is 27.0. The summed E-state index contributed by atoms with van der Waals surface area (Å²) in [5.74, 6) is 0.101. The Kier molecular flexibility index (Phi) is 9.93. The average molecular weight is 523 g/mol. The van der Waals surface area contributed by atoms with Gasteiger partial charge in [0.2, 0.25) is 5.91 Å². The predicted molar refractivity (Wildman–Crippen MR) is 152 cm³/mol. The van der Waals surface area contributed by atoms with Crippen LogP contribution in [-0.4, -0.2) is 39.6 Å². The number of aromatic nitrogens is 2. The molecule has 0 spiro atoms. The first kappa shape index (κ1) is 28.5. The van der Waals surface area contributed by atoms with Crippen LogP contribution in [-0.2, 0) is 16.6 Å². The van der Waals surface area contributed by atoms with Crippen molar-refractivity contribution < 1.29 is 9.59 Å². The number of hydrogen-bond acceptors (Lipinski definition) is 3. The second-order valence-electron chi connectivity index (χ2n) is 10.5. The Balaban J connectivity index is 1.82. The van der Waals surface area contributed by atoms with Gasteiger partial charge in [-0.2, -0.15) is 5.10 Å². The molecule has 198 valence electrons. The zero-order valence-electron chi connectivity index (χ0n) is 22.7. The Morgan fingerprint density at radius 1 is 1.00 bits per heavy atom. The van der Waals surface area contributed by atoms with Crippen LogP contribution in [0.4, 0.5) is 5.82 Å². The Bertz CT molecular complexity index is 1200.